The molecule has 1 aliphatic heterocycles. The van der Waals surface area contributed by atoms with Gasteiger partial charge in [-0.25, -0.2) is 4.39 Å². The number of hydrogen-bond donors (Lipinski definition) is 0. The van der Waals surface area contributed by atoms with Crippen molar-refractivity contribution < 1.29 is 18.7 Å². The summed E-state index contributed by atoms with van der Waals surface area (Å²) in [6.45, 7) is 9.84. The van der Waals surface area contributed by atoms with Gasteiger partial charge in [-0.3, -0.25) is 9.59 Å². The molecule has 2 amide bonds. The molecule has 2 heterocycles. The van der Waals surface area contributed by atoms with Crippen LogP contribution in [0.3, 0.4) is 0 Å². The summed E-state index contributed by atoms with van der Waals surface area (Å²) in [7, 11) is 0. The molecule has 0 bridgehead atoms. The molecule has 7 heteroatoms. The summed E-state index contributed by atoms with van der Waals surface area (Å²) in [5, 5.41) is 2.05. The van der Waals surface area contributed by atoms with Crippen LogP contribution in [0.2, 0.25) is 0 Å². The van der Waals surface area contributed by atoms with Crippen LogP contribution in [0.25, 0.3) is 0 Å². The number of thiophene rings is 1. The molecule has 0 saturated carbocycles. The number of carbonyl (C=O) groups excluding carboxylic acids is 2. The lowest BCUT2D eigenvalue weighted by Gasteiger charge is -2.37. The molecule has 0 fully saturated rings. The first kappa shape index (κ1) is 25.2. The molecule has 1 atom stereocenters. The highest BCUT2D eigenvalue weighted by molar-refractivity contribution is 7.10. The lowest BCUT2D eigenvalue weighted by Crippen LogP contribution is -2.48. The summed E-state index contributed by atoms with van der Waals surface area (Å²) in [6, 6.07) is 7.74. The van der Waals surface area contributed by atoms with Gasteiger partial charge in [0.2, 0.25) is 11.8 Å². The van der Waals surface area contributed by atoms with Crippen molar-refractivity contribution in [1.29, 1.82) is 0 Å². The third-order valence-electron chi connectivity index (χ3n) is 5.87. The monoisotopic (exact) mass is 474 g/mol. The van der Waals surface area contributed by atoms with Gasteiger partial charge in [0.1, 0.15) is 18.2 Å². The smallest absolute Gasteiger partial charge is 0.242 e. The molecule has 180 valence electrons. The van der Waals surface area contributed by atoms with Crippen molar-refractivity contribution in [2.24, 2.45) is 11.8 Å². The molecule has 1 aliphatic rings. The van der Waals surface area contributed by atoms with Gasteiger partial charge >= 0.3 is 0 Å². The van der Waals surface area contributed by atoms with Gasteiger partial charge in [-0.05, 0) is 66.0 Å². The molecule has 0 saturated heterocycles. The van der Waals surface area contributed by atoms with Crippen LogP contribution in [0.1, 0.15) is 57.0 Å². The molecule has 3 rings (SSSR count). The quantitative estimate of drug-likeness (QED) is 0.469. The van der Waals surface area contributed by atoms with Gasteiger partial charge in [-0.1, -0.05) is 27.7 Å². The van der Waals surface area contributed by atoms with Crippen LogP contribution >= 0.6 is 11.3 Å². The molecule has 0 unspecified atom stereocenters. The van der Waals surface area contributed by atoms with Gasteiger partial charge in [0.15, 0.2) is 0 Å². The SMILES string of the molecule is CC(C)CCN(CC(=O)N1CCc2sccc2[C@H]1COc1ccc(F)cc1)C(=O)CC(C)C. The predicted octanol–water partition coefficient (Wildman–Crippen LogP) is 5.31. The highest BCUT2D eigenvalue weighted by Gasteiger charge is 2.33. The Morgan fingerprint density at radius 3 is 2.55 bits per heavy atom. The maximum Gasteiger partial charge on any atom is 0.242 e. The summed E-state index contributed by atoms with van der Waals surface area (Å²) in [4.78, 5) is 31.2. The van der Waals surface area contributed by atoms with Crippen LogP contribution in [0.5, 0.6) is 5.75 Å². The van der Waals surface area contributed by atoms with Crippen molar-refractivity contribution in [2.75, 3.05) is 26.2 Å². The van der Waals surface area contributed by atoms with Gasteiger partial charge in [0, 0.05) is 24.4 Å². The molecule has 0 aliphatic carbocycles. The molecule has 2 aromatic rings. The molecule has 1 aromatic heterocycles. The predicted molar refractivity (Wildman–Crippen MR) is 130 cm³/mol. The van der Waals surface area contributed by atoms with E-state index in [-0.39, 0.29) is 42.7 Å². The van der Waals surface area contributed by atoms with E-state index >= 15 is 0 Å². The second-order valence-electron chi connectivity index (χ2n) is 9.51. The summed E-state index contributed by atoms with van der Waals surface area (Å²) in [6.07, 6.45) is 2.11. The molecule has 0 spiro atoms. The number of benzene rings is 1. The molecule has 0 radical (unpaired) electrons. The van der Waals surface area contributed by atoms with E-state index in [0.29, 0.717) is 31.2 Å². The molecular formula is C26H35FN2O3S. The highest BCUT2D eigenvalue weighted by Crippen LogP contribution is 2.34. The van der Waals surface area contributed by atoms with Crippen molar-refractivity contribution >= 4 is 23.2 Å². The third kappa shape index (κ3) is 7.03. The van der Waals surface area contributed by atoms with Gasteiger partial charge < -0.3 is 14.5 Å². The van der Waals surface area contributed by atoms with E-state index in [2.05, 4.69) is 19.9 Å². The normalized spacial score (nSPS) is 15.6. The molecular weight excluding hydrogens is 439 g/mol. The van der Waals surface area contributed by atoms with Gasteiger partial charge in [0.25, 0.3) is 0 Å². The Bertz CT molecular complexity index is 926. The van der Waals surface area contributed by atoms with Crippen molar-refractivity contribution in [3.63, 3.8) is 0 Å². The van der Waals surface area contributed by atoms with Crippen molar-refractivity contribution in [1.82, 2.24) is 9.80 Å². The molecule has 1 aromatic carbocycles. The zero-order valence-corrected chi connectivity index (χ0v) is 20.9. The van der Waals surface area contributed by atoms with Crippen LogP contribution in [0.4, 0.5) is 4.39 Å². The first-order chi connectivity index (χ1) is 15.7. The van der Waals surface area contributed by atoms with Gasteiger partial charge in [-0.2, -0.15) is 0 Å². The van der Waals surface area contributed by atoms with E-state index in [1.54, 1.807) is 28.4 Å². The zero-order valence-electron chi connectivity index (χ0n) is 20.1. The lowest BCUT2D eigenvalue weighted by atomic mass is 10.00. The second-order valence-corrected chi connectivity index (χ2v) is 10.5. The zero-order chi connectivity index (χ0) is 24.0. The van der Waals surface area contributed by atoms with E-state index < -0.39 is 0 Å². The maximum absolute atomic E-state index is 13.5. The summed E-state index contributed by atoms with van der Waals surface area (Å²) >= 11 is 1.70. The lowest BCUT2D eigenvalue weighted by molar-refractivity contribution is -0.143. The Morgan fingerprint density at radius 1 is 1.15 bits per heavy atom. The fourth-order valence-corrected chi connectivity index (χ4v) is 4.95. The largest absolute Gasteiger partial charge is 0.491 e. The van der Waals surface area contributed by atoms with E-state index in [4.69, 9.17) is 4.74 Å². The Hall–Kier alpha value is -2.41. The number of nitrogens with zero attached hydrogens (tertiary/aromatic N) is 2. The minimum absolute atomic E-state index is 0.0337. The fraction of sp³-hybridized carbons (Fsp3) is 0.538. The minimum atomic E-state index is -0.315. The Kier molecular flexibility index (Phi) is 8.89. The number of carbonyl (C=O) groups is 2. The Balaban J connectivity index is 1.74. The van der Waals surface area contributed by atoms with Crippen molar-refractivity contribution in [2.45, 2.75) is 53.0 Å². The second kappa shape index (κ2) is 11.6. The number of hydrogen-bond acceptors (Lipinski definition) is 4. The fourth-order valence-electron chi connectivity index (χ4n) is 4.02. The van der Waals surface area contributed by atoms with Crippen molar-refractivity contribution in [3.8, 4) is 5.75 Å². The third-order valence-corrected chi connectivity index (χ3v) is 6.87. The summed E-state index contributed by atoms with van der Waals surface area (Å²) in [5.74, 6) is 0.928. The number of rotatable bonds is 10. The molecule has 5 nitrogen and oxygen atoms in total. The first-order valence-electron chi connectivity index (χ1n) is 11.8. The number of amides is 2. The Labute approximate surface area is 200 Å². The Morgan fingerprint density at radius 2 is 1.88 bits per heavy atom. The first-order valence-corrected chi connectivity index (χ1v) is 12.6. The van der Waals surface area contributed by atoms with Gasteiger partial charge in [0.05, 0.1) is 12.6 Å². The van der Waals surface area contributed by atoms with Crippen LogP contribution in [0, 0.1) is 17.7 Å². The topological polar surface area (TPSA) is 49.9 Å². The molecule has 0 N–H and O–H groups in total. The average Bonchev–Trinajstić information content (AvgIpc) is 3.24. The standard InChI is InChI=1S/C26H35FN2O3S/c1-18(2)9-12-28(25(30)15-19(3)4)16-26(31)29-13-10-24-22(11-14-33-24)23(29)17-32-21-7-5-20(27)6-8-21/h5-8,11,14,18-19,23H,9-10,12-13,15-17H2,1-4H3/t23-/m1/s1. The number of ether oxygens (including phenoxy) is 1. The van der Waals surface area contributed by atoms with Crippen LogP contribution in [0.15, 0.2) is 35.7 Å². The van der Waals surface area contributed by atoms with Crippen LogP contribution in [-0.2, 0) is 16.0 Å². The van der Waals surface area contributed by atoms with E-state index in [1.165, 1.54) is 17.0 Å². The number of fused-ring (bicyclic) bond motifs is 1. The highest BCUT2D eigenvalue weighted by atomic mass is 32.1. The molecule has 33 heavy (non-hydrogen) atoms. The maximum atomic E-state index is 13.5. The van der Waals surface area contributed by atoms with E-state index in [0.717, 1.165) is 18.4 Å². The summed E-state index contributed by atoms with van der Waals surface area (Å²) in [5.41, 5.74) is 1.10. The summed E-state index contributed by atoms with van der Waals surface area (Å²) < 4.78 is 19.2. The van der Waals surface area contributed by atoms with Crippen LogP contribution in [-0.4, -0.2) is 47.9 Å². The number of halogens is 1. The van der Waals surface area contributed by atoms with E-state index in [9.17, 15) is 14.0 Å². The minimum Gasteiger partial charge on any atom is -0.491 e. The van der Waals surface area contributed by atoms with Gasteiger partial charge in [-0.15, -0.1) is 11.3 Å². The van der Waals surface area contributed by atoms with E-state index in [1.807, 2.05) is 24.1 Å². The average molecular weight is 475 g/mol. The van der Waals surface area contributed by atoms with Crippen molar-refractivity contribution in [3.05, 3.63) is 52.0 Å². The van der Waals surface area contributed by atoms with Crippen LogP contribution < -0.4 is 4.74 Å².